The number of nitrogens with zero attached hydrogens (tertiary/aromatic N) is 4. The first-order valence-electron chi connectivity index (χ1n) is 12.3. The monoisotopic (exact) mass is 648 g/mol. The Labute approximate surface area is 244 Å². The van der Waals surface area contributed by atoms with Crippen LogP contribution < -0.4 is 8.92 Å². The molecule has 230 valence electrons. The first kappa shape index (κ1) is 30.4. The highest BCUT2D eigenvalue weighted by atomic mass is 32.2. The van der Waals surface area contributed by atoms with Gasteiger partial charge >= 0.3 is 21.7 Å². The lowest BCUT2D eigenvalue weighted by Gasteiger charge is -2.31. The minimum Gasteiger partial charge on any atom is -0.490 e. The highest BCUT2D eigenvalue weighted by molar-refractivity contribution is 7.88. The molecule has 3 aromatic heterocycles. The molecule has 1 amide bonds. The predicted molar refractivity (Wildman–Crippen MR) is 142 cm³/mol. The maximum Gasteiger partial charge on any atom is 0.534 e. The highest BCUT2D eigenvalue weighted by Crippen LogP contribution is 2.47. The van der Waals surface area contributed by atoms with Crippen LogP contribution in [-0.2, 0) is 21.4 Å². The van der Waals surface area contributed by atoms with Crippen LogP contribution in [-0.4, -0.2) is 71.7 Å². The molecule has 1 aliphatic heterocycles. The molecule has 1 atom stereocenters. The number of carboxylic acid groups (broad SMARTS) is 1. The number of methoxy groups -OCH3 is 1. The average Bonchev–Trinajstić information content (AvgIpc) is 3.57. The summed E-state index contributed by atoms with van der Waals surface area (Å²) in [6, 6.07) is 3.41. The Morgan fingerprint density at radius 1 is 1.16 bits per heavy atom. The van der Waals surface area contributed by atoms with E-state index in [1.807, 2.05) is 0 Å². The second-order valence-electron chi connectivity index (χ2n) is 9.22. The van der Waals surface area contributed by atoms with Crippen molar-refractivity contribution in [1.82, 2.24) is 19.7 Å². The fourth-order valence-electron chi connectivity index (χ4n) is 4.65. The normalized spacial score (nSPS) is 15.5. The molecule has 1 aliphatic rings. The van der Waals surface area contributed by atoms with Crippen molar-refractivity contribution in [2.24, 2.45) is 0 Å². The molecule has 0 fully saturated rings. The second-order valence-corrected chi connectivity index (χ2v) is 11.7. The van der Waals surface area contributed by atoms with Crippen molar-refractivity contribution < 1.29 is 53.9 Å². The lowest BCUT2D eigenvalue weighted by atomic mass is 9.98. The zero-order valence-electron chi connectivity index (χ0n) is 22.2. The van der Waals surface area contributed by atoms with Crippen LogP contribution in [0.4, 0.5) is 26.7 Å². The summed E-state index contributed by atoms with van der Waals surface area (Å²) in [6.45, 7) is 1.68. The smallest absolute Gasteiger partial charge is 0.490 e. The number of thiophene rings is 1. The summed E-state index contributed by atoms with van der Waals surface area (Å²) in [5, 5.41) is 15.2. The third kappa shape index (κ3) is 5.56. The SMILES string of the molecule is COCCOc1cc(F)cc(F)c1-c1c(-c2cc3n(n2)CCN(C(=O)O)C3C)nc(OS(=O)(=O)C(F)(F)F)c2ccsc12. The van der Waals surface area contributed by atoms with Gasteiger partial charge in [-0.3, -0.25) is 9.58 Å². The van der Waals surface area contributed by atoms with E-state index < -0.39 is 45.3 Å². The van der Waals surface area contributed by atoms with E-state index in [4.69, 9.17) is 9.47 Å². The largest absolute Gasteiger partial charge is 0.534 e. The van der Waals surface area contributed by atoms with Gasteiger partial charge in [-0.15, -0.1) is 11.3 Å². The summed E-state index contributed by atoms with van der Waals surface area (Å²) in [7, 11) is -4.80. The number of carbonyl (C=O) groups is 1. The van der Waals surface area contributed by atoms with E-state index in [9.17, 15) is 35.9 Å². The van der Waals surface area contributed by atoms with Gasteiger partial charge in [0, 0.05) is 31.4 Å². The topological polar surface area (TPSA) is 133 Å². The van der Waals surface area contributed by atoms with Crippen molar-refractivity contribution >= 4 is 37.6 Å². The number of alkyl halides is 3. The molecule has 43 heavy (non-hydrogen) atoms. The van der Waals surface area contributed by atoms with Gasteiger partial charge in [0.1, 0.15) is 35.4 Å². The Morgan fingerprint density at radius 3 is 2.58 bits per heavy atom. The van der Waals surface area contributed by atoms with Gasteiger partial charge in [0.05, 0.1) is 40.5 Å². The van der Waals surface area contributed by atoms with Crippen LogP contribution in [0.2, 0.25) is 0 Å². The van der Waals surface area contributed by atoms with E-state index in [-0.39, 0.29) is 64.7 Å². The molecule has 0 saturated heterocycles. The minimum absolute atomic E-state index is 0.0330. The maximum absolute atomic E-state index is 15.6. The van der Waals surface area contributed by atoms with Gasteiger partial charge < -0.3 is 18.8 Å². The quantitative estimate of drug-likeness (QED) is 0.115. The van der Waals surface area contributed by atoms with Crippen molar-refractivity contribution in [3.8, 4) is 34.1 Å². The Balaban J connectivity index is 1.81. The second kappa shape index (κ2) is 11.2. The van der Waals surface area contributed by atoms with Crippen molar-refractivity contribution in [1.29, 1.82) is 0 Å². The zero-order valence-corrected chi connectivity index (χ0v) is 23.8. The number of pyridine rings is 1. The molecule has 5 rings (SSSR count). The number of aromatic nitrogens is 3. The molecule has 1 unspecified atom stereocenters. The van der Waals surface area contributed by atoms with Crippen LogP contribution in [0.25, 0.3) is 32.6 Å². The molecule has 0 bridgehead atoms. The van der Waals surface area contributed by atoms with Crippen LogP contribution in [0.5, 0.6) is 11.6 Å². The summed E-state index contributed by atoms with van der Waals surface area (Å²) < 4.78 is 110. The maximum atomic E-state index is 15.6. The van der Waals surface area contributed by atoms with E-state index >= 15 is 4.39 Å². The summed E-state index contributed by atoms with van der Waals surface area (Å²) in [6.07, 6.45) is -1.19. The predicted octanol–water partition coefficient (Wildman–Crippen LogP) is 5.41. The molecule has 11 nitrogen and oxygen atoms in total. The number of rotatable bonds is 8. The molecular weight excluding hydrogens is 627 g/mol. The van der Waals surface area contributed by atoms with E-state index in [0.717, 1.165) is 22.3 Å². The van der Waals surface area contributed by atoms with Gasteiger partial charge in [0.25, 0.3) is 0 Å². The van der Waals surface area contributed by atoms with E-state index in [1.54, 1.807) is 6.92 Å². The fraction of sp³-hybridized carbons (Fsp3) is 0.320. The van der Waals surface area contributed by atoms with E-state index in [2.05, 4.69) is 14.3 Å². The molecular formula is C25H21F5N4O7S2. The van der Waals surface area contributed by atoms with Crippen molar-refractivity contribution in [3.05, 3.63) is 47.0 Å². The summed E-state index contributed by atoms with van der Waals surface area (Å²) in [5.41, 5.74) is -6.22. The molecule has 18 heteroatoms. The lowest BCUT2D eigenvalue weighted by molar-refractivity contribution is -0.0500. The van der Waals surface area contributed by atoms with Crippen molar-refractivity contribution in [2.75, 3.05) is 26.9 Å². The highest BCUT2D eigenvalue weighted by Gasteiger charge is 2.49. The van der Waals surface area contributed by atoms with Gasteiger partial charge in [-0.05, 0) is 24.4 Å². The third-order valence-corrected chi connectivity index (χ3v) is 8.48. The molecule has 0 radical (unpaired) electrons. The summed E-state index contributed by atoms with van der Waals surface area (Å²) >= 11 is 0.898. The number of hydrogen-bond acceptors (Lipinski definition) is 9. The third-order valence-electron chi connectivity index (χ3n) is 6.61. The summed E-state index contributed by atoms with van der Waals surface area (Å²) in [4.78, 5) is 16.9. The Bertz CT molecular complexity index is 1820. The first-order valence-corrected chi connectivity index (χ1v) is 14.6. The minimum atomic E-state index is -6.18. The lowest BCUT2D eigenvalue weighted by Crippen LogP contribution is -2.40. The number of hydrogen-bond donors (Lipinski definition) is 1. The molecule has 1 N–H and O–H groups in total. The van der Waals surface area contributed by atoms with Crippen LogP contribution in [0.3, 0.4) is 0 Å². The van der Waals surface area contributed by atoms with Crippen LogP contribution >= 0.6 is 11.3 Å². The van der Waals surface area contributed by atoms with Gasteiger partial charge in [-0.25, -0.2) is 18.6 Å². The summed E-state index contributed by atoms with van der Waals surface area (Å²) in [5.74, 6) is -3.35. The fourth-order valence-corrected chi connectivity index (χ4v) is 6.02. The molecule has 0 spiro atoms. The zero-order chi connectivity index (χ0) is 31.3. The van der Waals surface area contributed by atoms with Crippen molar-refractivity contribution in [3.63, 3.8) is 0 Å². The Morgan fingerprint density at radius 2 is 1.91 bits per heavy atom. The molecule has 0 saturated carbocycles. The number of halogens is 5. The molecule has 4 heterocycles. The van der Waals surface area contributed by atoms with Crippen LogP contribution in [0, 0.1) is 11.6 Å². The molecule has 4 aromatic rings. The van der Waals surface area contributed by atoms with Crippen molar-refractivity contribution in [2.45, 2.75) is 25.0 Å². The van der Waals surface area contributed by atoms with Gasteiger partial charge in [0.2, 0.25) is 5.88 Å². The average molecular weight is 649 g/mol. The van der Waals surface area contributed by atoms with Crippen LogP contribution in [0.1, 0.15) is 18.7 Å². The van der Waals surface area contributed by atoms with E-state index in [1.165, 1.54) is 29.3 Å². The van der Waals surface area contributed by atoms with Gasteiger partial charge in [0.15, 0.2) is 0 Å². The molecule has 0 aliphatic carbocycles. The molecule has 1 aromatic carbocycles. The Kier molecular flexibility index (Phi) is 7.95. The Hall–Kier alpha value is -4.03. The standard InChI is InChI=1S/C25H21F5N4O7S2/c1-12-17-11-16(32-34(17)5-4-33(12)24(35)36)21-20(19-15(27)9-13(26)10-18(19)40-7-6-39-2)22-14(3-8-42-22)23(31-21)41-43(37,38)25(28,29)30/h3,8-12H,4-7H2,1-2H3,(H,35,36). The van der Waals surface area contributed by atoms with Crippen LogP contribution in [0.15, 0.2) is 29.6 Å². The van der Waals surface area contributed by atoms with Gasteiger partial charge in [-0.2, -0.15) is 26.7 Å². The number of benzene rings is 1. The first-order chi connectivity index (χ1) is 20.2. The van der Waals surface area contributed by atoms with Gasteiger partial charge in [-0.1, -0.05) is 0 Å². The van der Waals surface area contributed by atoms with E-state index in [0.29, 0.717) is 11.8 Å². The number of ether oxygens (including phenoxy) is 2. The number of amides is 1. The number of fused-ring (bicyclic) bond motifs is 2.